The predicted molar refractivity (Wildman–Crippen MR) is 92.4 cm³/mol. The summed E-state index contributed by atoms with van der Waals surface area (Å²) in [7, 11) is 1.36. The van der Waals surface area contributed by atoms with Crippen molar-refractivity contribution in [1.29, 1.82) is 0 Å². The molecule has 0 radical (unpaired) electrons. The van der Waals surface area contributed by atoms with Crippen LogP contribution in [-0.4, -0.2) is 19.7 Å². The van der Waals surface area contributed by atoms with Crippen LogP contribution in [0.5, 0.6) is 11.5 Å². The van der Waals surface area contributed by atoms with Crippen molar-refractivity contribution in [1.82, 2.24) is 0 Å². The van der Waals surface area contributed by atoms with E-state index in [4.69, 9.17) is 14.2 Å². The molecular formula is C17H17IO4. The summed E-state index contributed by atoms with van der Waals surface area (Å²) < 4.78 is 17.1. The lowest BCUT2D eigenvalue weighted by molar-refractivity contribution is 0.0600. The number of carbonyl (C=O) groups excluding carboxylic acids is 1. The van der Waals surface area contributed by atoms with Crippen molar-refractivity contribution in [2.24, 2.45) is 0 Å². The van der Waals surface area contributed by atoms with Crippen LogP contribution in [0.1, 0.15) is 22.8 Å². The number of halogens is 1. The minimum atomic E-state index is -0.395. The molecule has 4 nitrogen and oxygen atoms in total. The highest BCUT2D eigenvalue weighted by Gasteiger charge is 2.16. The highest BCUT2D eigenvalue weighted by Crippen LogP contribution is 2.35. The average Bonchev–Trinajstić information content (AvgIpc) is 2.54. The topological polar surface area (TPSA) is 44.8 Å². The van der Waals surface area contributed by atoms with Gasteiger partial charge in [0.1, 0.15) is 6.61 Å². The van der Waals surface area contributed by atoms with Gasteiger partial charge in [-0.3, -0.25) is 0 Å². The molecule has 0 fully saturated rings. The summed E-state index contributed by atoms with van der Waals surface area (Å²) in [4.78, 5) is 11.7. The van der Waals surface area contributed by atoms with E-state index < -0.39 is 5.97 Å². The van der Waals surface area contributed by atoms with Gasteiger partial charge in [0.05, 0.1) is 22.9 Å². The first-order valence-electron chi connectivity index (χ1n) is 6.87. The zero-order chi connectivity index (χ0) is 15.9. The maximum absolute atomic E-state index is 11.7. The second-order valence-electron chi connectivity index (χ2n) is 4.48. The summed E-state index contributed by atoms with van der Waals surface area (Å²) in [5, 5.41) is 0. The Morgan fingerprint density at radius 1 is 1.14 bits per heavy atom. The number of esters is 1. The number of ether oxygens (including phenoxy) is 3. The van der Waals surface area contributed by atoms with Crippen molar-refractivity contribution in [2.45, 2.75) is 13.5 Å². The summed E-state index contributed by atoms with van der Waals surface area (Å²) >= 11 is 2.13. The van der Waals surface area contributed by atoms with Crippen molar-refractivity contribution < 1.29 is 19.0 Å². The van der Waals surface area contributed by atoms with E-state index in [1.54, 1.807) is 12.1 Å². The van der Waals surface area contributed by atoms with Crippen LogP contribution >= 0.6 is 22.6 Å². The molecule has 0 N–H and O–H groups in total. The summed E-state index contributed by atoms with van der Waals surface area (Å²) in [6.45, 7) is 2.82. The van der Waals surface area contributed by atoms with Gasteiger partial charge in [-0.2, -0.15) is 0 Å². The van der Waals surface area contributed by atoms with E-state index in [-0.39, 0.29) is 0 Å². The SMILES string of the molecule is CCOc1cc(C(=O)OC)cc(I)c1OCc1ccccc1. The van der Waals surface area contributed by atoms with Crippen LogP contribution in [0.4, 0.5) is 0 Å². The molecule has 5 heteroatoms. The summed E-state index contributed by atoms with van der Waals surface area (Å²) in [6.07, 6.45) is 0. The van der Waals surface area contributed by atoms with Gasteiger partial charge in [0.2, 0.25) is 0 Å². The molecule has 2 aromatic rings. The zero-order valence-corrected chi connectivity index (χ0v) is 14.6. The van der Waals surface area contributed by atoms with E-state index in [1.807, 2.05) is 37.3 Å². The molecule has 116 valence electrons. The fraction of sp³-hybridized carbons (Fsp3) is 0.235. The molecule has 0 bridgehead atoms. The smallest absolute Gasteiger partial charge is 0.338 e. The average molecular weight is 412 g/mol. The molecule has 0 saturated heterocycles. The Morgan fingerprint density at radius 3 is 2.50 bits per heavy atom. The number of carbonyl (C=O) groups is 1. The first kappa shape index (κ1) is 16.6. The van der Waals surface area contributed by atoms with Crippen LogP contribution in [0.25, 0.3) is 0 Å². The van der Waals surface area contributed by atoms with Crippen LogP contribution in [0.2, 0.25) is 0 Å². The molecule has 0 saturated carbocycles. The standard InChI is InChI=1S/C17H17IO4/c1-3-21-15-10-13(17(19)20-2)9-14(18)16(15)22-11-12-7-5-4-6-8-12/h4-10H,3,11H2,1-2H3. The monoisotopic (exact) mass is 412 g/mol. The quantitative estimate of drug-likeness (QED) is 0.531. The van der Waals surface area contributed by atoms with Gasteiger partial charge in [0.15, 0.2) is 11.5 Å². The Balaban J connectivity index is 2.27. The maximum Gasteiger partial charge on any atom is 0.338 e. The highest BCUT2D eigenvalue weighted by molar-refractivity contribution is 14.1. The summed E-state index contributed by atoms with van der Waals surface area (Å²) in [5.41, 5.74) is 1.51. The molecular weight excluding hydrogens is 395 g/mol. The number of hydrogen-bond acceptors (Lipinski definition) is 4. The minimum Gasteiger partial charge on any atom is -0.490 e. The Hall–Kier alpha value is -1.76. The van der Waals surface area contributed by atoms with Crippen LogP contribution in [0, 0.1) is 3.57 Å². The molecule has 2 rings (SSSR count). The lowest BCUT2D eigenvalue weighted by atomic mass is 10.2. The molecule has 0 aliphatic heterocycles. The predicted octanol–water partition coefficient (Wildman–Crippen LogP) is 4.06. The van der Waals surface area contributed by atoms with Gasteiger partial charge in [-0.25, -0.2) is 4.79 Å². The Morgan fingerprint density at radius 2 is 1.86 bits per heavy atom. The van der Waals surface area contributed by atoms with Gasteiger partial charge in [-0.05, 0) is 47.2 Å². The highest BCUT2D eigenvalue weighted by atomic mass is 127. The fourth-order valence-electron chi connectivity index (χ4n) is 1.94. The molecule has 2 aromatic carbocycles. The molecule has 0 aromatic heterocycles. The lowest BCUT2D eigenvalue weighted by Crippen LogP contribution is -2.06. The van der Waals surface area contributed by atoms with Gasteiger partial charge in [0, 0.05) is 0 Å². The fourth-order valence-corrected chi connectivity index (χ4v) is 2.69. The molecule has 0 aliphatic rings. The molecule has 22 heavy (non-hydrogen) atoms. The number of hydrogen-bond donors (Lipinski definition) is 0. The number of methoxy groups -OCH3 is 1. The second kappa shape index (κ2) is 8.03. The number of benzene rings is 2. The van der Waals surface area contributed by atoms with E-state index in [1.165, 1.54) is 7.11 Å². The molecule has 0 unspecified atom stereocenters. The Kier molecular flexibility index (Phi) is 6.06. The molecule has 0 heterocycles. The van der Waals surface area contributed by atoms with E-state index in [0.29, 0.717) is 30.3 Å². The Labute approximate surface area is 143 Å². The first-order chi connectivity index (χ1) is 10.7. The van der Waals surface area contributed by atoms with E-state index in [9.17, 15) is 4.79 Å². The molecule has 0 aliphatic carbocycles. The van der Waals surface area contributed by atoms with Crippen molar-refractivity contribution in [2.75, 3.05) is 13.7 Å². The maximum atomic E-state index is 11.7. The second-order valence-corrected chi connectivity index (χ2v) is 5.65. The van der Waals surface area contributed by atoms with Gasteiger partial charge in [0.25, 0.3) is 0 Å². The van der Waals surface area contributed by atoms with E-state index in [2.05, 4.69) is 22.6 Å². The third-order valence-electron chi connectivity index (χ3n) is 2.96. The third kappa shape index (κ3) is 4.13. The van der Waals surface area contributed by atoms with Crippen molar-refractivity contribution in [3.63, 3.8) is 0 Å². The zero-order valence-electron chi connectivity index (χ0n) is 12.5. The van der Waals surface area contributed by atoms with Crippen molar-refractivity contribution in [3.8, 4) is 11.5 Å². The summed E-state index contributed by atoms with van der Waals surface area (Å²) in [6, 6.07) is 13.3. The van der Waals surface area contributed by atoms with Crippen molar-refractivity contribution in [3.05, 3.63) is 57.2 Å². The van der Waals surface area contributed by atoms with E-state index >= 15 is 0 Å². The van der Waals surface area contributed by atoms with Crippen LogP contribution in [0.15, 0.2) is 42.5 Å². The molecule has 0 spiro atoms. The van der Waals surface area contributed by atoms with Gasteiger partial charge < -0.3 is 14.2 Å². The largest absolute Gasteiger partial charge is 0.490 e. The lowest BCUT2D eigenvalue weighted by Gasteiger charge is -2.15. The normalized spacial score (nSPS) is 10.1. The van der Waals surface area contributed by atoms with Crippen LogP contribution in [0.3, 0.4) is 0 Å². The number of rotatable bonds is 6. The van der Waals surface area contributed by atoms with Crippen LogP contribution < -0.4 is 9.47 Å². The van der Waals surface area contributed by atoms with Crippen molar-refractivity contribution >= 4 is 28.6 Å². The molecule has 0 amide bonds. The van der Waals surface area contributed by atoms with E-state index in [0.717, 1.165) is 9.13 Å². The third-order valence-corrected chi connectivity index (χ3v) is 3.76. The van der Waals surface area contributed by atoms with Gasteiger partial charge in [-0.15, -0.1) is 0 Å². The summed E-state index contributed by atoms with van der Waals surface area (Å²) in [5.74, 6) is 0.790. The van der Waals surface area contributed by atoms with Gasteiger partial charge >= 0.3 is 5.97 Å². The molecule has 0 atom stereocenters. The van der Waals surface area contributed by atoms with Crippen LogP contribution in [-0.2, 0) is 11.3 Å². The first-order valence-corrected chi connectivity index (χ1v) is 7.95. The minimum absolute atomic E-state index is 0.395. The Bertz CT molecular complexity index is 641. The van der Waals surface area contributed by atoms with Gasteiger partial charge in [-0.1, -0.05) is 30.3 Å².